The van der Waals surface area contributed by atoms with Crippen LogP contribution in [0.3, 0.4) is 0 Å². The molecule has 1 aromatic carbocycles. The number of halogens is 2. The van der Waals surface area contributed by atoms with E-state index < -0.39 is 5.97 Å². The topological polar surface area (TPSA) is 164 Å². The summed E-state index contributed by atoms with van der Waals surface area (Å²) in [7, 11) is 3.43. The molecule has 3 aromatic heterocycles. The highest BCUT2D eigenvalue weighted by Gasteiger charge is 2.30. The van der Waals surface area contributed by atoms with Crippen molar-refractivity contribution in [3.63, 3.8) is 0 Å². The van der Waals surface area contributed by atoms with Crippen LogP contribution in [0, 0.1) is 11.8 Å². The Morgan fingerprint density at radius 1 is 1.02 bits per heavy atom. The van der Waals surface area contributed by atoms with Gasteiger partial charge in [0.2, 0.25) is 11.8 Å². The van der Waals surface area contributed by atoms with E-state index in [1.807, 2.05) is 23.7 Å². The van der Waals surface area contributed by atoms with E-state index in [4.69, 9.17) is 37.9 Å². The molecule has 1 saturated carbocycles. The number of anilines is 1. The molecule has 3 aliphatic rings. The van der Waals surface area contributed by atoms with Gasteiger partial charge in [-0.25, -0.2) is 9.97 Å². The Morgan fingerprint density at radius 3 is 2.57 bits per heavy atom. The van der Waals surface area contributed by atoms with Crippen molar-refractivity contribution in [2.45, 2.75) is 64.1 Å². The zero-order chi connectivity index (χ0) is 37.9. The number of aromatic nitrogens is 4. The normalized spacial score (nSPS) is 20.0. The molecule has 1 atom stereocenters. The second kappa shape index (κ2) is 16.4. The SMILES string of the molecule is COc1nc(-c2ccnc(-c3cccc(NC(=O)c4nc5c(n4C)CN(C[C@H]4CC[C@@H](C(=O)O)CC4)CC5)c3Cl)c2Cl)ccc1CNC[C@H]1CCC(=O)N1. The summed E-state index contributed by atoms with van der Waals surface area (Å²) in [5, 5.41) is 19.3. The summed E-state index contributed by atoms with van der Waals surface area (Å²) in [4.78, 5) is 53.0. The van der Waals surface area contributed by atoms with Crippen LogP contribution in [0.1, 0.15) is 66.1 Å². The van der Waals surface area contributed by atoms with Gasteiger partial charge in [-0.3, -0.25) is 24.3 Å². The monoisotopic (exact) mass is 774 g/mol. The van der Waals surface area contributed by atoms with Gasteiger partial charge >= 0.3 is 5.97 Å². The maximum Gasteiger partial charge on any atom is 0.306 e. The Balaban J connectivity index is 1.03. The maximum absolute atomic E-state index is 13.7. The van der Waals surface area contributed by atoms with Crippen LogP contribution in [0.25, 0.3) is 22.5 Å². The highest BCUT2D eigenvalue weighted by atomic mass is 35.5. The van der Waals surface area contributed by atoms with Crippen LogP contribution in [0.15, 0.2) is 42.6 Å². The molecule has 4 aromatic rings. The Morgan fingerprint density at radius 2 is 1.83 bits per heavy atom. The van der Waals surface area contributed by atoms with E-state index in [1.54, 1.807) is 37.6 Å². The highest BCUT2D eigenvalue weighted by Crippen LogP contribution is 2.40. The number of fused-ring (bicyclic) bond motifs is 1. The third-order valence-corrected chi connectivity index (χ3v) is 11.6. The van der Waals surface area contributed by atoms with Crippen molar-refractivity contribution in [1.82, 2.24) is 35.1 Å². The predicted molar refractivity (Wildman–Crippen MR) is 206 cm³/mol. The number of carboxylic acid groups (broad SMARTS) is 1. The summed E-state index contributed by atoms with van der Waals surface area (Å²) in [5.74, 6) is 0.0236. The first-order valence-electron chi connectivity index (χ1n) is 18.4. The smallest absolute Gasteiger partial charge is 0.306 e. The standard InChI is InChI=1S/C39H44Cl2N8O5/c1-48-31-21-49(20-22-6-8-23(9-7-22)39(52)53)17-15-29(31)45-36(48)37(51)46-30-5-3-4-27(33(30)40)35-34(41)26(14-16-43-35)28-12-10-24(38(47-28)54-2)18-42-19-25-11-13-32(50)44-25/h3-5,10,12,14,16,22-23,25,42H,6-9,11,13,15,17-21H2,1-2H3,(H,44,50)(H,46,51)(H,52,53)/t22-,23+,25-/m1/s1. The number of amides is 2. The number of benzene rings is 1. The number of ether oxygens (including phenoxy) is 1. The number of imidazole rings is 1. The van der Waals surface area contributed by atoms with Crippen molar-refractivity contribution >= 4 is 46.7 Å². The summed E-state index contributed by atoms with van der Waals surface area (Å²) in [5.41, 5.74) is 5.39. The first-order chi connectivity index (χ1) is 26.1. The molecule has 284 valence electrons. The number of nitrogens with zero attached hydrogens (tertiary/aromatic N) is 5. The molecule has 0 unspecified atom stereocenters. The first kappa shape index (κ1) is 37.7. The first-order valence-corrected chi connectivity index (χ1v) is 19.1. The van der Waals surface area contributed by atoms with Crippen LogP contribution < -0.4 is 20.7 Å². The van der Waals surface area contributed by atoms with Crippen LogP contribution >= 0.6 is 23.2 Å². The molecule has 5 heterocycles. The average molecular weight is 776 g/mol. The summed E-state index contributed by atoms with van der Waals surface area (Å²) < 4.78 is 7.48. The van der Waals surface area contributed by atoms with Crippen LogP contribution in [0.5, 0.6) is 5.88 Å². The number of pyridine rings is 2. The molecular weight excluding hydrogens is 731 g/mol. The van der Waals surface area contributed by atoms with E-state index in [0.717, 1.165) is 68.6 Å². The van der Waals surface area contributed by atoms with E-state index in [0.29, 0.717) is 76.9 Å². The zero-order valence-electron chi connectivity index (χ0n) is 30.3. The minimum atomic E-state index is -0.686. The molecule has 0 spiro atoms. The molecule has 54 heavy (non-hydrogen) atoms. The van der Waals surface area contributed by atoms with Gasteiger partial charge in [-0.15, -0.1) is 0 Å². The second-order valence-corrected chi connectivity index (χ2v) is 15.1. The summed E-state index contributed by atoms with van der Waals surface area (Å²) in [6.07, 6.45) is 7.05. The molecule has 2 aliphatic heterocycles. The van der Waals surface area contributed by atoms with Gasteiger partial charge in [0, 0.05) is 81.5 Å². The molecule has 2 fully saturated rings. The highest BCUT2D eigenvalue weighted by molar-refractivity contribution is 6.39. The second-order valence-electron chi connectivity index (χ2n) is 14.4. The summed E-state index contributed by atoms with van der Waals surface area (Å²) >= 11 is 14.0. The van der Waals surface area contributed by atoms with Crippen molar-refractivity contribution < 1.29 is 24.2 Å². The van der Waals surface area contributed by atoms with Gasteiger partial charge in [0.05, 0.1) is 51.5 Å². The number of carbonyl (C=O) groups is 3. The van der Waals surface area contributed by atoms with Gasteiger partial charge in [-0.05, 0) is 56.2 Å². The Kier molecular flexibility index (Phi) is 11.5. The fraction of sp³-hybridized carbons (Fsp3) is 0.436. The van der Waals surface area contributed by atoms with E-state index in [2.05, 4.69) is 25.8 Å². The lowest BCUT2D eigenvalue weighted by Crippen LogP contribution is -2.37. The number of carboxylic acids is 1. The Bertz CT molecular complexity index is 2060. The number of nitrogens with one attached hydrogen (secondary N) is 3. The molecule has 1 aliphatic carbocycles. The molecule has 4 N–H and O–H groups in total. The lowest BCUT2D eigenvalue weighted by molar-refractivity contribution is -0.143. The lowest BCUT2D eigenvalue weighted by atomic mass is 9.81. The van der Waals surface area contributed by atoms with Crippen molar-refractivity contribution in [3.05, 3.63) is 75.4 Å². The van der Waals surface area contributed by atoms with Gasteiger partial charge in [0.25, 0.3) is 5.91 Å². The lowest BCUT2D eigenvalue weighted by Gasteiger charge is -2.33. The van der Waals surface area contributed by atoms with Crippen LogP contribution in [-0.4, -0.2) is 80.1 Å². The predicted octanol–water partition coefficient (Wildman–Crippen LogP) is 5.73. The van der Waals surface area contributed by atoms with Gasteiger partial charge < -0.3 is 30.4 Å². The summed E-state index contributed by atoms with van der Waals surface area (Å²) in [6, 6.07) is 11.0. The molecule has 1 saturated heterocycles. The van der Waals surface area contributed by atoms with Gasteiger partial charge in [-0.1, -0.05) is 41.4 Å². The minimum absolute atomic E-state index is 0.0824. The molecule has 15 heteroatoms. The number of carbonyl (C=O) groups excluding carboxylic acids is 2. The molecule has 0 radical (unpaired) electrons. The molecule has 7 rings (SSSR count). The maximum atomic E-state index is 13.7. The van der Waals surface area contributed by atoms with Gasteiger partial charge in [0.1, 0.15) is 0 Å². The number of methoxy groups -OCH3 is 1. The number of hydrogen-bond donors (Lipinski definition) is 4. The van der Waals surface area contributed by atoms with E-state index in [1.165, 1.54) is 0 Å². The molecule has 13 nitrogen and oxygen atoms in total. The zero-order valence-corrected chi connectivity index (χ0v) is 31.8. The quantitative estimate of drug-likeness (QED) is 0.140. The average Bonchev–Trinajstić information content (AvgIpc) is 3.74. The summed E-state index contributed by atoms with van der Waals surface area (Å²) in [6.45, 7) is 3.61. The van der Waals surface area contributed by atoms with Gasteiger partial charge in [-0.2, -0.15) is 0 Å². The molecule has 0 bridgehead atoms. The Labute approximate surface area is 323 Å². The van der Waals surface area contributed by atoms with Crippen LogP contribution in [0.2, 0.25) is 10.0 Å². The van der Waals surface area contributed by atoms with E-state index in [-0.39, 0.29) is 28.8 Å². The Hall–Kier alpha value is -4.56. The molecular formula is C39H44Cl2N8O5. The van der Waals surface area contributed by atoms with Gasteiger partial charge in [0.15, 0.2) is 5.82 Å². The van der Waals surface area contributed by atoms with Crippen molar-refractivity contribution in [2.75, 3.05) is 32.1 Å². The molecule has 2 amide bonds. The number of hydrogen-bond acceptors (Lipinski definition) is 9. The van der Waals surface area contributed by atoms with Crippen molar-refractivity contribution in [2.24, 2.45) is 18.9 Å². The third-order valence-electron chi connectivity index (χ3n) is 10.8. The third kappa shape index (κ3) is 8.09. The minimum Gasteiger partial charge on any atom is -0.481 e. The van der Waals surface area contributed by atoms with E-state index in [9.17, 15) is 19.5 Å². The van der Waals surface area contributed by atoms with Crippen LogP contribution in [-0.2, 0) is 36.1 Å². The number of rotatable bonds is 12. The van der Waals surface area contributed by atoms with Crippen molar-refractivity contribution in [3.8, 4) is 28.4 Å². The largest absolute Gasteiger partial charge is 0.481 e. The van der Waals surface area contributed by atoms with Crippen LogP contribution in [0.4, 0.5) is 5.69 Å². The number of aliphatic carboxylic acids is 1. The fourth-order valence-electron chi connectivity index (χ4n) is 7.82. The van der Waals surface area contributed by atoms with Crippen molar-refractivity contribution in [1.29, 1.82) is 0 Å². The van der Waals surface area contributed by atoms with E-state index >= 15 is 0 Å². The fourth-order valence-corrected chi connectivity index (χ4v) is 8.39.